The summed E-state index contributed by atoms with van der Waals surface area (Å²) in [5.74, 6) is 0.441. The molecule has 0 saturated heterocycles. The number of hydrogen-bond acceptors (Lipinski definition) is 1. The van der Waals surface area contributed by atoms with E-state index in [-0.39, 0.29) is 5.91 Å². The van der Waals surface area contributed by atoms with Gasteiger partial charge < -0.3 is 9.47 Å². The predicted molar refractivity (Wildman–Crippen MR) is 129 cm³/mol. The van der Waals surface area contributed by atoms with E-state index in [2.05, 4.69) is 48.9 Å². The molecule has 0 atom stereocenters. The number of aromatic nitrogens is 1. The molecule has 0 unspecified atom stereocenters. The van der Waals surface area contributed by atoms with Crippen LogP contribution in [0.4, 0.5) is 0 Å². The molecule has 1 amide bonds. The smallest absolute Gasteiger partial charge is 0.254 e. The number of rotatable bonds is 7. The molecule has 0 radical (unpaired) electrons. The standard InChI is InChI=1S/C27H27ClN2O/c1-20(2)17-30(27(31)26-14-6-10-22-9-3-4-13-25(22)26)19-24-12-7-15-29(24)18-21-8-5-11-23(28)16-21/h3-16,20H,17-19H2,1-2H3. The maximum absolute atomic E-state index is 13.6. The topological polar surface area (TPSA) is 25.2 Å². The number of halogens is 1. The summed E-state index contributed by atoms with van der Waals surface area (Å²) >= 11 is 6.16. The molecular weight excluding hydrogens is 404 g/mol. The fourth-order valence-electron chi connectivity index (χ4n) is 4.02. The lowest BCUT2D eigenvalue weighted by Crippen LogP contribution is -2.34. The van der Waals surface area contributed by atoms with Gasteiger partial charge in [0.25, 0.3) is 5.91 Å². The van der Waals surface area contributed by atoms with Crippen LogP contribution in [0.5, 0.6) is 0 Å². The highest BCUT2D eigenvalue weighted by Crippen LogP contribution is 2.22. The second kappa shape index (κ2) is 9.40. The van der Waals surface area contributed by atoms with Crippen LogP contribution in [0, 0.1) is 5.92 Å². The summed E-state index contributed by atoms with van der Waals surface area (Å²) in [6, 6.07) is 26.1. The normalized spacial score (nSPS) is 11.2. The monoisotopic (exact) mass is 430 g/mol. The van der Waals surface area contributed by atoms with Crippen molar-refractivity contribution >= 4 is 28.3 Å². The van der Waals surface area contributed by atoms with Crippen LogP contribution >= 0.6 is 11.6 Å². The van der Waals surface area contributed by atoms with Gasteiger partial charge in [-0.25, -0.2) is 0 Å². The van der Waals surface area contributed by atoms with E-state index in [1.807, 2.05) is 59.5 Å². The maximum Gasteiger partial charge on any atom is 0.254 e. The number of fused-ring (bicyclic) bond motifs is 1. The van der Waals surface area contributed by atoms with Crippen LogP contribution in [0.15, 0.2) is 85.1 Å². The van der Waals surface area contributed by atoms with Gasteiger partial charge in [-0.3, -0.25) is 4.79 Å². The van der Waals surface area contributed by atoms with Crippen LogP contribution < -0.4 is 0 Å². The van der Waals surface area contributed by atoms with E-state index in [9.17, 15) is 4.79 Å². The molecule has 4 heteroatoms. The Hall–Kier alpha value is -3.04. The van der Waals surface area contributed by atoms with Crippen molar-refractivity contribution in [2.24, 2.45) is 5.92 Å². The Kier molecular flexibility index (Phi) is 6.43. The molecule has 0 bridgehead atoms. The SMILES string of the molecule is CC(C)CN(Cc1cccn1Cc1cccc(Cl)c1)C(=O)c1cccc2ccccc12. The first-order valence-corrected chi connectivity index (χ1v) is 11.0. The maximum atomic E-state index is 13.6. The number of hydrogen-bond donors (Lipinski definition) is 0. The third-order valence-corrected chi connectivity index (χ3v) is 5.65. The van der Waals surface area contributed by atoms with Crippen LogP contribution in [0.2, 0.25) is 5.02 Å². The van der Waals surface area contributed by atoms with Crippen molar-refractivity contribution in [1.29, 1.82) is 0 Å². The summed E-state index contributed by atoms with van der Waals surface area (Å²) in [4.78, 5) is 15.6. The van der Waals surface area contributed by atoms with Gasteiger partial charge in [-0.2, -0.15) is 0 Å². The van der Waals surface area contributed by atoms with Crippen molar-refractivity contribution in [3.05, 3.63) is 107 Å². The fourth-order valence-corrected chi connectivity index (χ4v) is 4.23. The number of amides is 1. The van der Waals surface area contributed by atoms with E-state index in [1.54, 1.807) is 0 Å². The summed E-state index contributed by atoms with van der Waals surface area (Å²) in [6.07, 6.45) is 2.06. The third-order valence-electron chi connectivity index (χ3n) is 5.41. The first kappa shape index (κ1) is 21.2. The van der Waals surface area contributed by atoms with Gasteiger partial charge in [0.2, 0.25) is 0 Å². The van der Waals surface area contributed by atoms with E-state index in [4.69, 9.17) is 11.6 Å². The molecule has 0 aliphatic carbocycles. The molecule has 0 N–H and O–H groups in total. The highest BCUT2D eigenvalue weighted by atomic mass is 35.5. The zero-order valence-electron chi connectivity index (χ0n) is 18.0. The first-order valence-electron chi connectivity index (χ1n) is 10.7. The van der Waals surface area contributed by atoms with Crippen molar-refractivity contribution in [2.45, 2.75) is 26.9 Å². The quantitative estimate of drug-likeness (QED) is 0.322. The molecule has 0 spiro atoms. The molecule has 158 valence electrons. The predicted octanol–water partition coefficient (Wildman–Crippen LogP) is 6.64. The van der Waals surface area contributed by atoms with Gasteiger partial charge in [0, 0.05) is 35.6 Å². The van der Waals surface area contributed by atoms with Crippen LogP contribution in [0.3, 0.4) is 0 Å². The zero-order chi connectivity index (χ0) is 21.8. The lowest BCUT2D eigenvalue weighted by atomic mass is 10.0. The van der Waals surface area contributed by atoms with E-state index in [1.165, 1.54) is 0 Å². The van der Waals surface area contributed by atoms with Crippen LogP contribution in [0.25, 0.3) is 10.8 Å². The van der Waals surface area contributed by atoms with Gasteiger partial charge >= 0.3 is 0 Å². The van der Waals surface area contributed by atoms with Crippen molar-refractivity contribution in [3.63, 3.8) is 0 Å². The third kappa shape index (κ3) is 5.00. The second-order valence-corrected chi connectivity index (χ2v) is 8.80. The number of benzene rings is 3. The van der Waals surface area contributed by atoms with E-state index >= 15 is 0 Å². The average Bonchev–Trinajstić information content (AvgIpc) is 3.18. The zero-order valence-corrected chi connectivity index (χ0v) is 18.7. The van der Waals surface area contributed by atoms with E-state index in [0.717, 1.165) is 39.2 Å². The molecule has 0 saturated carbocycles. The minimum absolute atomic E-state index is 0.0704. The minimum atomic E-state index is 0.0704. The fraction of sp³-hybridized carbons (Fsp3) is 0.222. The van der Waals surface area contributed by atoms with Crippen molar-refractivity contribution in [1.82, 2.24) is 9.47 Å². The lowest BCUT2D eigenvalue weighted by molar-refractivity contribution is 0.0721. The largest absolute Gasteiger partial charge is 0.345 e. The summed E-state index contributed by atoms with van der Waals surface area (Å²) < 4.78 is 2.19. The number of carbonyl (C=O) groups excluding carboxylic acids is 1. The van der Waals surface area contributed by atoms with Crippen molar-refractivity contribution in [2.75, 3.05) is 6.54 Å². The van der Waals surface area contributed by atoms with Gasteiger partial charge in [0.05, 0.1) is 6.54 Å². The Morgan fingerprint density at radius 1 is 0.968 bits per heavy atom. The molecule has 31 heavy (non-hydrogen) atoms. The molecule has 3 aromatic carbocycles. The molecule has 0 aliphatic heterocycles. The average molecular weight is 431 g/mol. The molecule has 0 aliphatic rings. The second-order valence-electron chi connectivity index (χ2n) is 8.36. The molecule has 3 nitrogen and oxygen atoms in total. The van der Waals surface area contributed by atoms with Crippen LogP contribution in [-0.4, -0.2) is 21.9 Å². The number of carbonyl (C=O) groups is 1. The van der Waals surface area contributed by atoms with Crippen LogP contribution in [-0.2, 0) is 13.1 Å². The summed E-state index contributed by atoms with van der Waals surface area (Å²) in [6.45, 7) is 6.28. The van der Waals surface area contributed by atoms with Crippen LogP contribution in [0.1, 0.15) is 35.5 Å². The van der Waals surface area contributed by atoms with Gasteiger partial charge in [0.15, 0.2) is 0 Å². The van der Waals surface area contributed by atoms with Gasteiger partial charge in [-0.15, -0.1) is 0 Å². The highest BCUT2D eigenvalue weighted by Gasteiger charge is 2.20. The molecule has 4 rings (SSSR count). The minimum Gasteiger partial charge on any atom is -0.345 e. The molecule has 1 heterocycles. The van der Waals surface area contributed by atoms with E-state index in [0.29, 0.717) is 19.0 Å². The van der Waals surface area contributed by atoms with Gasteiger partial charge in [-0.05, 0) is 52.6 Å². The van der Waals surface area contributed by atoms with E-state index < -0.39 is 0 Å². The molecule has 4 aromatic rings. The van der Waals surface area contributed by atoms with Gasteiger partial charge in [-0.1, -0.05) is 74.0 Å². The summed E-state index contributed by atoms with van der Waals surface area (Å²) in [5.41, 5.74) is 3.00. The molecule has 0 fully saturated rings. The van der Waals surface area contributed by atoms with Crippen molar-refractivity contribution < 1.29 is 4.79 Å². The number of nitrogens with zero attached hydrogens (tertiary/aromatic N) is 2. The molecule has 1 aromatic heterocycles. The lowest BCUT2D eigenvalue weighted by Gasteiger charge is -2.26. The van der Waals surface area contributed by atoms with Crippen molar-refractivity contribution in [3.8, 4) is 0 Å². The Labute approximate surface area is 188 Å². The van der Waals surface area contributed by atoms with Gasteiger partial charge in [0.1, 0.15) is 0 Å². The molecular formula is C27H27ClN2O. The Balaban J connectivity index is 1.62. The Bertz CT molecular complexity index is 1190. The summed E-state index contributed by atoms with van der Waals surface area (Å²) in [7, 11) is 0. The Morgan fingerprint density at radius 3 is 2.55 bits per heavy atom. The first-order chi connectivity index (χ1) is 15.0. The summed E-state index contributed by atoms with van der Waals surface area (Å²) in [5, 5.41) is 2.82. The Morgan fingerprint density at radius 2 is 1.74 bits per heavy atom. The highest BCUT2D eigenvalue weighted by molar-refractivity contribution is 6.30.